The molecule has 0 aromatic heterocycles. The minimum absolute atomic E-state index is 0.0738. The van der Waals surface area contributed by atoms with E-state index in [1.165, 1.54) is 65.9 Å². The maximum atomic E-state index is 6.79. The Morgan fingerprint density at radius 1 is 0.548 bits per heavy atom. The van der Waals surface area contributed by atoms with Crippen molar-refractivity contribution in [3.05, 3.63) is 137 Å². The van der Waals surface area contributed by atoms with Crippen LogP contribution in [0.15, 0.2) is 121 Å². The van der Waals surface area contributed by atoms with E-state index in [1.54, 1.807) is 11.1 Å². The topological polar surface area (TPSA) is 3.24 Å². The van der Waals surface area contributed by atoms with Gasteiger partial charge >= 0.3 is 0 Å². The average molecular weight is 564 g/mol. The van der Waals surface area contributed by atoms with Gasteiger partial charge in [-0.15, -0.1) is 0 Å². The number of halogens is 1. The van der Waals surface area contributed by atoms with Crippen molar-refractivity contribution in [2.75, 3.05) is 4.90 Å². The zero-order chi connectivity index (χ0) is 27.8. The molecule has 0 aliphatic heterocycles. The third-order valence-corrected chi connectivity index (χ3v) is 11.4. The molecule has 5 aliphatic carbocycles. The summed E-state index contributed by atoms with van der Waals surface area (Å²) in [5, 5.41) is 0.826. The molecule has 4 saturated carbocycles. The van der Waals surface area contributed by atoms with E-state index in [9.17, 15) is 0 Å². The highest BCUT2D eigenvalue weighted by atomic mass is 35.5. The molecule has 0 amide bonds. The first-order chi connectivity index (χ1) is 20.7. The summed E-state index contributed by atoms with van der Waals surface area (Å²) in [6, 6.07) is 44.5. The van der Waals surface area contributed by atoms with Crippen molar-refractivity contribution >= 4 is 28.7 Å². The summed E-state index contributed by atoms with van der Waals surface area (Å²) in [4.78, 5) is 2.47. The van der Waals surface area contributed by atoms with Crippen LogP contribution in [0.1, 0.15) is 43.2 Å². The fraction of sp³-hybridized carbons (Fsp3) is 0.250. The molecule has 5 aromatic carbocycles. The lowest BCUT2D eigenvalue weighted by Gasteiger charge is -2.61. The van der Waals surface area contributed by atoms with Gasteiger partial charge in [0.15, 0.2) is 0 Å². The van der Waals surface area contributed by atoms with Crippen molar-refractivity contribution in [3.63, 3.8) is 0 Å². The molecule has 4 fully saturated rings. The van der Waals surface area contributed by atoms with Gasteiger partial charge in [-0.1, -0.05) is 90.5 Å². The van der Waals surface area contributed by atoms with Crippen LogP contribution in [0.5, 0.6) is 0 Å². The van der Waals surface area contributed by atoms with E-state index in [4.69, 9.17) is 11.6 Å². The molecule has 0 saturated heterocycles. The second-order valence-electron chi connectivity index (χ2n) is 13.1. The average Bonchev–Trinajstić information content (AvgIpc) is 3.32. The molecule has 0 radical (unpaired) electrons. The maximum absolute atomic E-state index is 6.79. The zero-order valence-electron chi connectivity index (χ0n) is 23.7. The Morgan fingerprint density at radius 3 is 1.81 bits per heavy atom. The Labute approximate surface area is 253 Å². The summed E-state index contributed by atoms with van der Waals surface area (Å²) in [5.74, 6) is 3.22. The van der Waals surface area contributed by atoms with Crippen LogP contribution < -0.4 is 4.90 Å². The lowest BCUT2D eigenvalue weighted by molar-refractivity contribution is -0.0399. The zero-order valence-corrected chi connectivity index (χ0v) is 24.5. The number of benzene rings is 5. The van der Waals surface area contributed by atoms with Crippen LogP contribution in [0.25, 0.3) is 22.3 Å². The predicted octanol–water partition coefficient (Wildman–Crippen LogP) is 11.2. The Balaban J connectivity index is 1.33. The van der Waals surface area contributed by atoms with Gasteiger partial charge in [0.1, 0.15) is 0 Å². The first-order valence-corrected chi connectivity index (χ1v) is 16.0. The molecule has 2 heteroatoms. The molecule has 10 rings (SSSR count). The van der Waals surface area contributed by atoms with Crippen molar-refractivity contribution in [2.24, 2.45) is 23.7 Å². The van der Waals surface area contributed by atoms with Crippen LogP contribution in [-0.2, 0) is 5.41 Å². The number of hydrogen-bond acceptors (Lipinski definition) is 1. The standard InChI is InChI=1S/C40H34ClN/c41-37-16-8-7-14-33(37)28-18-19-34-36(25-28)40(29-21-26-20-27(23-29)24-30(40)22-26)35-15-9-17-38(39(34)35)42(31-10-3-1-4-11-31)32-12-5-2-6-13-32/h1-19,25-27,29-30H,20-24H2. The number of hydrogen-bond donors (Lipinski definition) is 0. The fourth-order valence-electron chi connectivity index (χ4n) is 9.86. The Morgan fingerprint density at radius 2 is 1.17 bits per heavy atom. The van der Waals surface area contributed by atoms with Gasteiger partial charge in [-0.25, -0.2) is 0 Å². The van der Waals surface area contributed by atoms with E-state index in [1.807, 2.05) is 12.1 Å². The minimum atomic E-state index is 0.0738. The van der Waals surface area contributed by atoms with Gasteiger partial charge in [0.05, 0.1) is 5.69 Å². The summed E-state index contributed by atoms with van der Waals surface area (Å²) >= 11 is 6.79. The molecule has 42 heavy (non-hydrogen) atoms. The molecule has 0 atom stereocenters. The van der Waals surface area contributed by atoms with E-state index >= 15 is 0 Å². The molecule has 0 heterocycles. The van der Waals surface area contributed by atoms with Crippen LogP contribution in [0.3, 0.4) is 0 Å². The summed E-state index contributed by atoms with van der Waals surface area (Å²) in [6.07, 6.45) is 6.93. The quantitative estimate of drug-likeness (QED) is 0.210. The van der Waals surface area contributed by atoms with E-state index in [-0.39, 0.29) is 5.41 Å². The summed E-state index contributed by atoms with van der Waals surface area (Å²) in [5.41, 5.74) is 12.1. The molecule has 1 nitrogen and oxygen atoms in total. The van der Waals surface area contributed by atoms with Gasteiger partial charge in [0.2, 0.25) is 0 Å². The van der Waals surface area contributed by atoms with Gasteiger partial charge in [-0.3, -0.25) is 0 Å². The normalized spacial score (nSPS) is 26.3. The second-order valence-corrected chi connectivity index (χ2v) is 13.5. The van der Waals surface area contributed by atoms with Crippen molar-refractivity contribution in [3.8, 4) is 22.3 Å². The Bertz CT molecular complexity index is 1740. The third-order valence-electron chi connectivity index (χ3n) is 11.1. The number of para-hydroxylation sites is 2. The highest BCUT2D eigenvalue weighted by Crippen LogP contribution is 2.70. The van der Waals surface area contributed by atoms with Crippen molar-refractivity contribution < 1.29 is 0 Å². The third kappa shape index (κ3) is 3.44. The predicted molar refractivity (Wildman–Crippen MR) is 175 cm³/mol. The SMILES string of the molecule is Clc1ccccc1-c1ccc2c(c1)C1(c3cccc(N(c4ccccc4)c4ccccc4)c3-2)C2CC3CC(C2)CC1C3. The van der Waals surface area contributed by atoms with Crippen LogP contribution in [-0.4, -0.2) is 0 Å². The molecule has 0 N–H and O–H groups in total. The van der Waals surface area contributed by atoms with Gasteiger partial charge in [-0.05, 0) is 120 Å². The molecule has 5 aromatic rings. The highest BCUT2D eigenvalue weighted by molar-refractivity contribution is 6.33. The molecule has 1 spiro atoms. The fourth-order valence-corrected chi connectivity index (χ4v) is 10.1. The molecular formula is C40H34ClN. The molecule has 0 unspecified atom stereocenters. The van der Waals surface area contributed by atoms with Crippen LogP contribution >= 0.6 is 11.6 Å². The van der Waals surface area contributed by atoms with Crippen molar-refractivity contribution in [1.29, 1.82) is 0 Å². The molecule has 206 valence electrons. The number of fused-ring (bicyclic) bond motifs is 3. The Hall–Kier alpha value is -3.81. The van der Waals surface area contributed by atoms with Gasteiger partial charge < -0.3 is 4.90 Å². The van der Waals surface area contributed by atoms with Crippen LogP contribution in [0, 0.1) is 23.7 Å². The monoisotopic (exact) mass is 563 g/mol. The summed E-state index contributed by atoms with van der Waals surface area (Å²) in [7, 11) is 0. The molecule has 5 aliphatic rings. The molecule has 4 bridgehead atoms. The van der Waals surface area contributed by atoms with E-state index in [2.05, 4.69) is 114 Å². The Kier molecular flexibility index (Phi) is 5.51. The van der Waals surface area contributed by atoms with E-state index < -0.39 is 0 Å². The minimum Gasteiger partial charge on any atom is -0.310 e. The van der Waals surface area contributed by atoms with E-state index in [0.29, 0.717) is 11.8 Å². The van der Waals surface area contributed by atoms with Crippen LogP contribution in [0.2, 0.25) is 5.02 Å². The first kappa shape index (κ1) is 24.8. The van der Waals surface area contributed by atoms with E-state index in [0.717, 1.165) is 22.4 Å². The highest BCUT2D eigenvalue weighted by Gasteiger charge is 2.62. The van der Waals surface area contributed by atoms with Gasteiger partial charge in [0.25, 0.3) is 0 Å². The molecular weight excluding hydrogens is 530 g/mol. The summed E-state index contributed by atoms with van der Waals surface area (Å²) < 4.78 is 0. The second kappa shape index (κ2) is 9.35. The number of nitrogens with zero attached hydrogens (tertiary/aromatic N) is 1. The van der Waals surface area contributed by atoms with Gasteiger partial charge in [-0.2, -0.15) is 0 Å². The number of anilines is 3. The van der Waals surface area contributed by atoms with Gasteiger partial charge in [0, 0.05) is 32.9 Å². The number of rotatable bonds is 4. The lowest BCUT2D eigenvalue weighted by Crippen LogP contribution is -2.55. The van der Waals surface area contributed by atoms with Crippen molar-refractivity contribution in [2.45, 2.75) is 37.5 Å². The lowest BCUT2D eigenvalue weighted by atomic mass is 9.43. The summed E-state index contributed by atoms with van der Waals surface area (Å²) in [6.45, 7) is 0. The van der Waals surface area contributed by atoms with Crippen molar-refractivity contribution in [1.82, 2.24) is 0 Å². The first-order valence-electron chi connectivity index (χ1n) is 15.7. The van der Waals surface area contributed by atoms with Crippen LogP contribution in [0.4, 0.5) is 17.1 Å². The maximum Gasteiger partial charge on any atom is 0.0543 e. The smallest absolute Gasteiger partial charge is 0.0543 e. The largest absolute Gasteiger partial charge is 0.310 e.